The monoisotopic (exact) mass is 432 g/mol. The number of hydrogen-bond acceptors (Lipinski definition) is 6. The summed E-state index contributed by atoms with van der Waals surface area (Å²) in [6.07, 6.45) is 3.04. The van der Waals surface area contributed by atoms with Crippen LogP contribution in [0, 0.1) is 5.82 Å². The first-order chi connectivity index (χ1) is 14.7. The van der Waals surface area contributed by atoms with E-state index >= 15 is 0 Å². The van der Waals surface area contributed by atoms with Crippen molar-refractivity contribution in [2.24, 2.45) is 0 Å². The van der Waals surface area contributed by atoms with Gasteiger partial charge < -0.3 is 24.0 Å². The molecule has 1 aliphatic heterocycles. The van der Waals surface area contributed by atoms with E-state index in [2.05, 4.69) is 10.1 Å². The van der Waals surface area contributed by atoms with Gasteiger partial charge in [0, 0.05) is 31.0 Å². The van der Waals surface area contributed by atoms with Crippen molar-refractivity contribution in [1.29, 1.82) is 0 Å². The Morgan fingerprint density at radius 2 is 1.84 bits per heavy atom. The Morgan fingerprint density at radius 3 is 2.55 bits per heavy atom. The minimum atomic E-state index is -0.291. The van der Waals surface area contributed by atoms with Gasteiger partial charge in [-0.2, -0.15) is 0 Å². The van der Waals surface area contributed by atoms with Gasteiger partial charge in [-0.15, -0.1) is 0 Å². The third kappa shape index (κ3) is 6.18. The predicted molar refractivity (Wildman–Crippen MR) is 120 cm³/mol. The van der Waals surface area contributed by atoms with E-state index in [-0.39, 0.29) is 13.2 Å². The lowest BCUT2D eigenvalue weighted by Crippen LogP contribution is -2.34. The molecule has 0 spiro atoms. The third-order valence-corrected chi connectivity index (χ3v) is 5.38. The number of ether oxygens (including phenoxy) is 2. The van der Waals surface area contributed by atoms with E-state index in [1.807, 2.05) is 24.3 Å². The number of halogens is 1. The minimum absolute atomic E-state index is 0. The fourth-order valence-corrected chi connectivity index (χ4v) is 3.86. The normalized spacial score (nSPS) is 14.5. The van der Waals surface area contributed by atoms with Gasteiger partial charge in [-0.05, 0) is 56.6 Å². The summed E-state index contributed by atoms with van der Waals surface area (Å²) < 4.78 is 29.8. The number of fused-ring (bicyclic) bond motifs is 1. The van der Waals surface area contributed by atoms with Gasteiger partial charge in [-0.1, -0.05) is 24.7 Å². The van der Waals surface area contributed by atoms with Crippen LogP contribution in [0.1, 0.15) is 38.3 Å². The number of likely N-dealkylation sites (tertiary alicyclic amines) is 1. The zero-order chi connectivity index (χ0) is 21.3. The molecule has 0 bridgehead atoms. The number of para-hydroxylation sites is 2. The maximum atomic E-state index is 13.3. The standard InChI is InChI=1S/C22H25FN2O3.CH4O.CH4/c1-26-19-5-2-3-6-20(19)27-14-4-11-25-12-9-16(10-13-25)22-18-8-7-17(23)15-21(18)28-24-22;1-2;/h2-3,5-8,15-16H,4,9-14H2,1H3;2H,1H3;1H4. The second kappa shape index (κ2) is 12.3. The van der Waals surface area contributed by atoms with Gasteiger partial charge >= 0.3 is 0 Å². The third-order valence-electron chi connectivity index (χ3n) is 5.38. The Balaban J connectivity index is 0.00000111. The lowest BCUT2D eigenvalue weighted by molar-refractivity contribution is 0.189. The van der Waals surface area contributed by atoms with E-state index in [0.29, 0.717) is 18.1 Å². The average molecular weight is 433 g/mol. The van der Waals surface area contributed by atoms with E-state index in [1.165, 1.54) is 12.1 Å². The largest absolute Gasteiger partial charge is 0.493 e. The predicted octanol–water partition coefficient (Wildman–Crippen LogP) is 4.87. The first kappa shape index (κ1) is 24.6. The molecule has 1 aromatic heterocycles. The number of aliphatic hydroxyl groups excluding tert-OH is 1. The summed E-state index contributed by atoms with van der Waals surface area (Å²) in [5.41, 5.74) is 1.50. The smallest absolute Gasteiger partial charge is 0.170 e. The molecule has 0 amide bonds. The molecule has 0 radical (unpaired) electrons. The minimum Gasteiger partial charge on any atom is -0.493 e. The zero-order valence-corrected chi connectivity index (χ0v) is 17.5. The molecule has 1 fully saturated rings. The van der Waals surface area contributed by atoms with Gasteiger partial charge in [0.1, 0.15) is 5.82 Å². The number of benzene rings is 2. The van der Waals surface area contributed by atoms with Gasteiger partial charge in [-0.3, -0.25) is 0 Å². The molecule has 0 aliphatic carbocycles. The topological polar surface area (TPSA) is 68.0 Å². The van der Waals surface area contributed by atoms with Crippen LogP contribution in [0.5, 0.6) is 11.5 Å². The Bertz CT molecular complexity index is 923. The summed E-state index contributed by atoms with van der Waals surface area (Å²) in [6, 6.07) is 12.4. The van der Waals surface area contributed by atoms with Gasteiger partial charge in [-0.25, -0.2) is 4.39 Å². The van der Waals surface area contributed by atoms with Crippen molar-refractivity contribution in [2.75, 3.05) is 40.5 Å². The van der Waals surface area contributed by atoms with Crippen LogP contribution in [0.4, 0.5) is 4.39 Å². The van der Waals surface area contributed by atoms with Gasteiger partial charge in [0.25, 0.3) is 0 Å². The highest BCUT2D eigenvalue weighted by Gasteiger charge is 2.25. The quantitative estimate of drug-likeness (QED) is 0.538. The van der Waals surface area contributed by atoms with Crippen LogP contribution in [0.3, 0.4) is 0 Å². The molecule has 1 N–H and O–H groups in total. The van der Waals surface area contributed by atoms with Crippen LogP contribution >= 0.6 is 0 Å². The summed E-state index contributed by atoms with van der Waals surface area (Å²) in [4.78, 5) is 2.46. The lowest BCUT2D eigenvalue weighted by atomic mass is 9.91. The van der Waals surface area contributed by atoms with E-state index in [4.69, 9.17) is 19.1 Å². The molecule has 0 unspecified atom stereocenters. The van der Waals surface area contributed by atoms with Crippen molar-refractivity contribution in [2.45, 2.75) is 32.6 Å². The molecule has 1 aliphatic rings. The molecular weight excluding hydrogens is 399 g/mol. The summed E-state index contributed by atoms with van der Waals surface area (Å²) in [5, 5.41) is 12.2. The number of aliphatic hydroxyl groups is 1. The molecule has 4 rings (SSSR count). The SMILES string of the molecule is C.CO.COc1ccccc1OCCCN1CCC(c2noc3cc(F)ccc23)CC1. The van der Waals surface area contributed by atoms with Crippen molar-refractivity contribution < 1.29 is 23.5 Å². The van der Waals surface area contributed by atoms with Gasteiger partial charge in [0.05, 0.1) is 19.4 Å². The van der Waals surface area contributed by atoms with Crippen molar-refractivity contribution in [3.63, 3.8) is 0 Å². The molecule has 31 heavy (non-hydrogen) atoms. The number of methoxy groups -OCH3 is 1. The lowest BCUT2D eigenvalue weighted by Gasteiger charge is -2.31. The van der Waals surface area contributed by atoms with E-state index < -0.39 is 0 Å². The maximum absolute atomic E-state index is 13.3. The number of piperidine rings is 1. The first-order valence-electron chi connectivity index (χ1n) is 10.2. The summed E-state index contributed by atoms with van der Waals surface area (Å²) in [7, 11) is 2.65. The highest BCUT2D eigenvalue weighted by Crippen LogP contribution is 2.33. The van der Waals surface area contributed by atoms with E-state index in [0.717, 1.165) is 68.6 Å². The first-order valence-corrected chi connectivity index (χ1v) is 10.2. The molecule has 3 aromatic rings. The second-order valence-corrected chi connectivity index (χ2v) is 7.18. The molecular formula is C24H33FN2O4. The summed E-state index contributed by atoms with van der Waals surface area (Å²) in [6.45, 7) is 3.72. The van der Waals surface area contributed by atoms with Crippen LogP contribution in [0.2, 0.25) is 0 Å². The molecule has 0 atom stereocenters. The molecule has 0 saturated carbocycles. The van der Waals surface area contributed by atoms with Crippen LogP contribution in [0.15, 0.2) is 47.0 Å². The van der Waals surface area contributed by atoms with Crippen molar-refractivity contribution >= 4 is 11.0 Å². The van der Waals surface area contributed by atoms with Crippen LogP contribution in [-0.2, 0) is 0 Å². The van der Waals surface area contributed by atoms with Crippen molar-refractivity contribution in [1.82, 2.24) is 10.1 Å². The van der Waals surface area contributed by atoms with E-state index in [1.54, 1.807) is 13.2 Å². The molecule has 2 aromatic carbocycles. The zero-order valence-electron chi connectivity index (χ0n) is 17.5. The Hall–Kier alpha value is -2.64. The number of rotatable bonds is 7. The Morgan fingerprint density at radius 1 is 1.13 bits per heavy atom. The molecule has 7 heteroatoms. The maximum Gasteiger partial charge on any atom is 0.170 e. The van der Waals surface area contributed by atoms with Gasteiger partial charge in [0.15, 0.2) is 17.1 Å². The second-order valence-electron chi connectivity index (χ2n) is 7.18. The molecule has 6 nitrogen and oxygen atoms in total. The van der Waals surface area contributed by atoms with Crippen LogP contribution in [0.25, 0.3) is 11.0 Å². The van der Waals surface area contributed by atoms with E-state index in [9.17, 15) is 4.39 Å². The number of nitrogens with zero attached hydrogens (tertiary/aromatic N) is 2. The van der Waals surface area contributed by atoms with Gasteiger partial charge in [0.2, 0.25) is 0 Å². The molecule has 170 valence electrons. The van der Waals surface area contributed by atoms with Crippen LogP contribution in [-0.4, -0.2) is 55.6 Å². The number of aromatic nitrogens is 1. The Labute approximate surface area is 183 Å². The number of hydrogen-bond donors (Lipinski definition) is 1. The molecule has 1 saturated heterocycles. The fourth-order valence-electron chi connectivity index (χ4n) is 3.86. The van der Waals surface area contributed by atoms with Crippen LogP contribution < -0.4 is 9.47 Å². The highest BCUT2D eigenvalue weighted by molar-refractivity contribution is 5.79. The van der Waals surface area contributed by atoms with Crippen molar-refractivity contribution in [3.8, 4) is 11.5 Å². The molecule has 2 heterocycles. The fraction of sp³-hybridized carbons (Fsp3) is 0.458. The highest BCUT2D eigenvalue weighted by atomic mass is 19.1. The average Bonchev–Trinajstić information content (AvgIpc) is 3.21. The summed E-state index contributed by atoms with van der Waals surface area (Å²) in [5.74, 6) is 1.63. The Kier molecular flexibility index (Phi) is 9.75. The van der Waals surface area contributed by atoms with Crippen molar-refractivity contribution in [3.05, 3.63) is 54.0 Å². The summed E-state index contributed by atoms with van der Waals surface area (Å²) >= 11 is 0.